The van der Waals surface area contributed by atoms with Crippen molar-refractivity contribution in [1.29, 1.82) is 0 Å². The van der Waals surface area contributed by atoms with Gasteiger partial charge in [-0.3, -0.25) is 0 Å². The van der Waals surface area contributed by atoms with Gasteiger partial charge in [0.1, 0.15) is 22.9 Å². The quantitative estimate of drug-likeness (QED) is 0.389. The minimum Gasteiger partial charge on any atom is -0.497 e. The van der Waals surface area contributed by atoms with Crippen LogP contribution in [-0.4, -0.2) is 60.8 Å². The van der Waals surface area contributed by atoms with E-state index in [-0.39, 0.29) is 0 Å². The van der Waals surface area contributed by atoms with Crippen molar-refractivity contribution in [2.75, 3.05) is 49.7 Å². The lowest BCUT2D eigenvalue weighted by Crippen LogP contribution is -2.47. The van der Waals surface area contributed by atoms with E-state index < -0.39 is 5.97 Å². The lowest BCUT2D eigenvalue weighted by atomic mass is 10.2. The van der Waals surface area contributed by atoms with E-state index in [1.165, 1.54) is 0 Å². The Hall–Kier alpha value is -4.20. The highest BCUT2D eigenvalue weighted by molar-refractivity contribution is 5.95. The third-order valence-corrected chi connectivity index (χ3v) is 6.10. The number of rotatable bonds is 6. The monoisotopic (exact) mass is 469 g/mol. The van der Waals surface area contributed by atoms with Gasteiger partial charge in [-0.15, -0.1) is 0 Å². The second kappa shape index (κ2) is 9.97. The van der Waals surface area contributed by atoms with Crippen LogP contribution in [0.4, 0.5) is 11.6 Å². The first kappa shape index (κ1) is 22.6. The number of ether oxygens (including phenoxy) is 2. The van der Waals surface area contributed by atoms with Gasteiger partial charge in [0, 0.05) is 43.3 Å². The molecule has 5 rings (SSSR count). The third-order valence-electron chi connectivity index (χ3n) is 6.10. The van der Waals surface area contributed by atoms with Gasteiger partial charge in [-0.2, -0.15) is 0 Å². The molecule has 0 aliphatic carbocycles. The largest absolute Gasteiger partial charge is 0.497 e. The number of methoxy groups -OCH3 is 1. The van der Waals surface area contributed by atoms with Crippen molar-refractivity contribution in [1.82, 2.24) is 15.0 Å². The molecular formula is C27H27N5O3. The van der Waals surface area contributed by atoms with Crippen molar-refractivity contribution >= 4 is 28.5 Å². The maximum atomic E-state index is 12.7. The van der Waals surface area contributed by atoms with Crippen LogP contribution < -0.4 is 14.5 Å². The molecule has 1 aliphatic heterocycles. The van der Waals surface area contributed by atoms with Gasteiger partial charge < -0.3 is 19.3 Å². The molecule has 0 unspecified atom stereocenters. The Kier molecular flexibility index (Phi) is 6.43. The van der Waals surface area contributed by atoms with Crippen molar-refractivity contribution < 1.29 is 14.3 Å². The highest BCUT2D eigenvalue weighted by Crippen LogP contribution is 2.27. The smallest absolute Gasteiger partial charge is 0.343 e. The standard InChI is InChI=1S/C27H27N5O3/c1-3-35-27(33)22-18-28-25(20-8-11-21(34-2)12-9-20)30-26(22)32-16-14-31(15-17-32)24-13-10-19-6-4-5-7-23(19)29-24/h4-13,18H,3,14-17H2,1-2H3. The number of benzene rings is 2. The minimum atomic E-state index is -0.414. The van der Waals surface area contributed by atoms with Crippen LogP contribution in [-0.2, 0) is 4.74 Å². The summed E-state index contributed by atoms with van der Waals surface area (Å²) in [5, 5.41) is 1.13. The summed E-state index contributed by atoms with van der Waals surface area (Å²) >= 11 is 0. The first-order valence-electron chi connectivity index (χ1n) is 11.7. The predicted octanol–water partition coefficient (Wildman–Crippen LogP) is 4.20. The van der Waals surface area contributed by atoms with Crippen LogP contribution >= 0.6 is 0 Å². The molecule has 2 aromatic heterocycles. The van der Waals surface area contributed by atoms with E-state index in [2.05, 4.69) is 33.0 Å². The predicted molar refractivity (Wildman–Crippen MR) is 136 cm³/mol. The molecule has 35 heavy (non-hydrogen) atoms. The molecule has 8 heteroatoms. The van der Waals surface area contributed by atoms with E-state index in [9.17, 15) is 4.79 Å². The third kappa shape index (κ3) is 4.73. The molecule has 8 nitrogen and oxygen atoms in total. The number of pyridine rings is 1. The Morgan fingerprint density at radius 3 is 2.40 bits per heavy atom. The van der Waals surface area contributed by atoms with Gasteiger partial charge in [0.15, 0.2) is 5.82 Å². The molecule has 0 spiro atoms. The molecule has 0 amide bonds. The number of carbonyl (C=O) groups excluding carboxylic acids is 1. The number of anilines is 2. The fraction of sp³-hybridized carbons (Fsp3) is 0.259. The molecule has 0 atom stereocenters. The lowest BCUT2D eigenvalue weighted by Gasteiger charge is -2.36. The Morgan fingerprint density at radius 1 is 0.914 bits per heavy atom. The summed E-state index contributed by atoms with van der Waals surface area (Å²) in [5.41, 5.74) is 2.21. The molecule has 4 aromatic rings. The Balaban J connectivity index is 1.40. The molecule has 178 valence electrons. The zero-order valence-electron chi connectivity index (χ0n) is 19.8. The van der Waals surface area contributed by atoms with Gasteiger partial charge in [-0.1, -0.05) is 18.2 Å². The molecule has 1 aliphatic rings. The van der Waals surface area contributed by atoms with Crippen LogP contribution in [0.5, 0.6) is 5.75 Å². The second-order valence-electron chi connectivity index (χ2n) is 8.22. The van der Waals surface area contributed by atoms with E-state index in [0.29, 0.717) is 36.9 Å². The molecule has 0 saturated carbocycles. The van der Waals surface area contributed by atoms with Crippen LogP contribution in [0.1, 0.15) is 17.3 Å². The molecule has 1 fully saturated rings. The number of esters is 1. The zero-order valence-corrected chi connectivity index (χ0v) is 19.8. The second-order valence-corrected chi connectivity index (χ2v) is 8.22. The number of piperazine rings is 1. The summed E-state index contributed by atoms with van der Waals surface area (Å²) in [6.45, 7) is 4.99. The van der Waals surface area contributed by atoms with E-state index in [1.807, 2.05) is 42.5 Å². The number of para-hydroxylation sites is 1. The molecule has 0 bridgehead atoms. The fourth-order valence-electron chi connectivity index (χ4n) is 4.22. The number of hydrogen-bond acceptors (Lipinski definition) is 8. The van der Waals surface area contributed by atoms with Crippen molar-refractivity contribution in [3.8, 4) is 17.1 Å². The van der Waals surface area contributed by atoms with Gasteiger partial charge in [0.05, 0.1) is 19.2 Å². The number of fused-ring (bicyclic) bond motifs is 1. The maximum absolute atomic E-state index is 12.7. The van der Waals surface area contributed by atoms with Gasteiger partial charge in [-0.25, -0.2) is 19.7 Å². The highest BCUT2D eigenvalue weighted by Gasteiger charge is 2.25. The van der Waals surface area contributed by atoms with Crippen LogP contribution in [0.25, 0.3) is 22.3 Å². The molecule has 2 aromatic carbocycles. The molecular weight excluding hydrogens is 442 g/mol. The Labute approximate surface area is 204 Å². The summed E-state index contributed by atoms with van der Waals surface area (Å²) in [7, 11) is 1.63. The van der Waals surface area contributed by atoms with E-state index in [0.717, 1.165) is 41.1 Å². The molecule has 0 N–H and O–H groups in total. The molecule has 3 heterocycles. The van der Waals surface area contributed by atoms with Gasteiger partial charge in [0.2, 0.25) is 0 Å². The number of hydrogen-bond donors (Lipinski definition) is 0. The van der Waals surface area contributed by atoms with Crippen molar-refractivity contribution in [2.24, 2.45) is 0 Å². The van der Waals surface area contributed by atoms with Crippen molar-refractivity contribution in [3.63, 3.8) is 0 Å². The topological polar surface area (TPSA) is 80.7 Å². The number of carbonyl (C=O) groups is 1. The summed E-state index contributed by atoms with van der Waals surface area (Å²) in [4.78, 5) is 31.2. The summed E-state index contributed by atoms with van der Waals surface area (Å²) in [6.07, 6.45) is 1.57. The van der Waals surface area contributed by atoms with Crippen LogP contribution in [0.3, 0.4) is 0 Å². The summed E-state index contributed by atoms with van der Waals surface area (Å²) in [6, 6.07) is 19.8. The maximum Gasteiger partial charge on any atom is 0.343 e. The normalized spacial score (nSPS) is 13.7. The van der Waals surface area contributed by atoms with E-state index in [1.54, 1.807) is 20.2 Å². The first-order valence-corrected chi connectivity index (χ1v) is 11.7. The average molecular weight is 470 g/mol. The first-order chi connectivity index (χ1) is 17.2. The van der Waals surface area contributed by atoms with E-state index >= 15 is 0 Å². The number of aromatic nitrogens is 3. The minimum absolute atomic E-state index is 0.292. The van der Waals surface area contributed by atoms with E-state index in [4.69, 9.17) is 19.4 Å². The SMILES string of the molecule is CCOC(=O)c1cnc(-c2ccc(OC)cc2)nc1N1CCN(c2ccc3ccccc3n2)CC1. The average Bonchev–Trinajstić information content (AvgIpc) is 2.93. The van der Waals surface area contributed by atoms with Crippen LogP contribution in [0.15, 0.2) is 66.9 Å². The van der Waals surface area contributed by atoms with Gasteiger partial charge in [-0.05, 0) is 49.4 Å². The molecule has 0 radical (unpaired) electrons. The van der Waals surface area contributed by atoms with Crippen molar-refractivity contribution in [2.45, 2.75) is 6.92 Å². The fourth-order valence-corrected chi connectivity index (χ4v) is 4.22. The highest BCUT2D eigenvalue weighted by atomic mass is 16.5. The van der Waals surface area contributed by atoms with Gasteiger partial charge >= 0.3 is 5.97 Å². The summed E-state index contributed by atoms with van der Waals surface area (Å²) < 4.78 is 10.5. The van der Waals surface area contributed by atoms with Crippen LogP contribution in [0.2, 0.25) is 0 Å². The van der Waals surface area contributed by atoms with Gasteiger partial charge in [0.25, 0.3) is 0 Å². The summed E-state index contributed by atoms with van der Waals surface area (Å²) in [5.74, 6) is 2.44. The number of nitrogens with zero attached hydrogens (tertiary/aromatic N) is 5. The van der Waals surface area contributed by atoms with Crippen molar-refractivity contribution in [3.05, 3.63) is 72.4 Å². The zero-order chi connectivity index (χ0) is 24.2. The van der Waals surface area contributed by atoms with Crippen LogP contribution in [0, 0.1) is 0 Å². The Bertz CT molecular complexity index is 1330. The Morgan fingerprint density at radius 2 is 1.66 bits per heavy atom. The lowest BCUT2D eigenvalue weighted by molar-refractivity contribution is 0.0526. The molecule has 1 saturated heterocycles.